The summed E-state index contributed by atoms with van der Waals surface area (Å²) in [4.78, 5) is 29.6. The number of hydrogen-bond donors (Lipinski definition) is 1. The Kier molecular flexibility index (Phi) is 6.03. The van der Waals surface area contributed by atoms with Gasteiger partial charge in [0, 0.05) is 15.5 Å². The summed E-state index contributed by atoms with van der Waals surface area (Å²) < 4.78 is 6.39. The standard InChI is InChI=1S/C26H16ClN3O3S/c27-23-19-6-2-4-8-22(19)34-24(23)26(32)33-18-12-9-16(10-13-18)15-28-30-25(31)21-14-11-17-5-1-3-7-20(17)29-21/h1-15H,(H,30,31)/b28-15-. The summed E-state index contributed by atoms with van der Waals surface area (Å²) >= 11 is 7.65. The zero-order valence-electron chi connectivity index (χ0n) is 17.6. The third-order valence-electron chi connectivity index (χ3n) is 5.02. The number of benzene rings is 3. The Hall–Kier alpha value is -4.07. The lowest BCUT2D eigenvalue weighted by atomic mass is 10.2. The lowest BCUT2D eigenvalue weighted by Gasteiger charge is -2.04. The van der Waals surface area contributed by atoms with Gasteiger partial charge in [0.05, 0.1) is 16.8 Å². The number of para-hydroxylation sites is 1. The van der Waals surface area contributed by atoms with E-state index in [1.165, 1.54) is 17.6 Å². The number of carbonyl (C=O) groups is 2. The van der Waals surface area contributed by atoms with Gasteiger partial charge in [-0.3, -0.25) is 4.79 Å². The van der Waals surface area contributed by atoms with E-state index >= 15 is 0 Å². The molecule has 0 atom stereocenters. The molecule has 2 aromatic heterocycles. The van der Waals surface area contributed by atoms with Crippen LogP contribution < -0.4 is 10.2 Å². The Morgan fingerprint density at radius 1 is 0.941 bits per heavy atom. The summed E-state index contributed by atoms with van der Waals surface area (Å²) in [6, 6.07) is 25.3. The number of esters is 1. The van der Waals surface area contributed by atoms with Crippen molar-refractivity contribution in [1.82, 2.24) is 10.4 Å². The molecular weight excluding hydrogens is 470 g/mol. The highest BCUT2D eigenvalue weighted by molar-refractivity contribution is 7.21. The van der Waals surface area contributed by atoms with Gasteiger partial charge in [-0.2, -0.15) is 5.10 Å². The maximum absolute atomic E-state index is 12.6. The van der Waals surface area contributed by atoms with Crippen LogP contribution in [0.15, 0.2) is 90.0 Å². The van der Waals surface area contributed by atoms with Gasteiger partial charge in [0.25, 0.3) is 5.91 Å². The smallest absolute Gasteiger partial charge is 0.355 e. The van der Waals surface area contributed by atoms with Crippen molar-refractivity contribution >= 4 is 62.0 Å². The first-order chi connectivity index (χ1) is 16.6. The fourth-order valence-electron chi connectivity index (χ4n) is 3.34. The monoisotopic (exact) mass is 485 g/mol. The Morgan fingerprint density at radius 2 is 1.71 bits per heavy atom. The summed E-state index contributed by atoms with van der Waals surface area (Å²) in [5.41, 5.74) is 4.20. The van der Waals surface area contributed by atoms with Gasteiger partial charge in [-0.05, 0) is 48.0 Å². The molecule has 0 radical (unpaired) electrons. The molecular formula is C26H16ClN3O3S. The summed E-state index contributed by atoms with van der Waals surface area (Å²) in [6.45, 7) is 0. The second-order valence-electron chi connectivity index (χ2n) is 7.29. The minimum Gasteiger partial charge on any atom is -0.422 e. The fourth-order valence-corrected chi connectivity index (χ4v) is 4.72. The average Bonchev–Trinajstić information content (AvgIpc) is 3.21. The molecule has 0 saturated heterocycles. The van der Waals surface area contributed by atoms with Crippen LogP contribution in [-0.2, 0) is 0 Å². The molecule has 2 heterocycles. The Labute approximate surface area is 203 Å². The van der Waals surface area contributed by atoms with Gasteiger partial charge in [0.15, 0.2) is 0 Å². The van der Waals surface area contributed by atoms with Crippen molar-refractivity contribution in [3.05, 3.63) is 106 Å². The molecule has 8 heteroatoms. The molecule has 5 aromatic rings. The highest BCUT2D eigenvalue weighted by Crippen LogP contribution is 2.35. The number of nitrogens with zero attached hydrogens (tertiary/aromatic N) is 2. The zero-order chi connectivity index (χ0) is 23.5. The predicted molar refractivity (Wildman–Crippen MR) is 135 cm³/mol. The minimum absolute atomic E-state index is 0.276. The molecule has 0 aliphatic heterocycles. The molecule has 0 aliphatic rings. The van der Waals surface area contributed by atoms with Crippen molar-refractivity contribution in [3.8, 4) is 5.75 Å². The molecule has 1 amide bonds. The van der Waals surface area contributed by atoms with Gasteiger partial charge in [-0.25, -0.2) is 15.2 Å². The number of pyridine rings is 1. The highest BCUT2D eigenvalue weighted by Gasteiger charge is 2.18. The van der Waals surface area contributed by atoms with Crippen molar-refractivity contribution in [2.75, 3.05) is 0 Å². The van der Waals surface area contributed by atoms with Gasteiger partial charge in [0.2, 0.25) is 0 Å². The van der Waals surface area contributed by atoms with Crippen molar-refractivity contribution in [2.24, 2.45) is 5.10 Å². The number of fused-ring (bicyclic) bond motifs is 2. The first kappa shape index (κ1) is 21.8. The molecule has 1 N–H and O–H groups in total. The lowest BCUT2D eigenvalue weighted by Crippen LogP contribution is -2.18. The number of halogens is 1. The molecule has 0 spiro atoms. The van der Waals surface area contributed by atoms with Crippen LogP contribution in [0.3, 0.4) is 0 Å². The van der Waals surface area contributed by atoms with Crippen LogP contribution in [-0.4, -0.2) is 23.1 Å². The molecule has 0 saturated carbocycles. The second kappa shape index (κ2) is 9.43. The van der Waals surface area contributed by atoms with E-state index in [0.29, 0.717) is 21.2 Å². The van der Waals surface area contributed by atoms with Crippen LogP contribution >= 0.6 is 22.9 Å². The quantitative estimate of drug-likeness (QED) is 0.141. The number of nitrogens with one attached hydrogen (secondary N) is 1. The molecule has 0 unspecified atom stereocenters. The Morgan fingerprint density at radius 3 is 2.53 bits per heavy atom. The Balaban J connectivity index is 1.21. The molecule has 0 fully saturated rings. The summed E-state index contributed by atoms with van der Waals surface area (Å²) in [5.74, 6) is -0.546. The van der Waals surface area contributed by atoms with Gasteiger partial charge < -0.3 is 4.74 Å². The number of carbonyl (C=O) groups excluding carboxylic acids is 2. The van der Waals surface area contributed by atoms with Crippen LogP contribution in [0.1, 0.15) is 25.7 Å². The topological polar surface area (TPSA) is 80.6 Å². The number of thiophene rings is 1. The molecule has 5 rings (SSSR count). The minimum atomic E-state index is -0.511. The first-order valence-electron chi connectivity index (χ1n) is 10.3. The maximum atomic E-state index is 12.6. The zero-order valence-corrected chi connectivity index (χ0v) is 19.1. The van der Waals surface area contributed by atoms with Crippen molar-refractivity contribution in [1.29, 1.82) is 0 Å². The van der Waals surface area contributed by atoms with E-state index in [1.807, 2.05) is 54.6 Å². The molecule has 0 bridgehead atoms. The normalized spacial score (nSPS) is 11.2. The Bertz CT molecular complexity index is 1560. The van der Waals surface area contributed by atoms with Crippen LogP contribution in [0, 0.1) is 0 Å². The molecule has 0 aliphatic carbocycles. The molecule has 166 valence electrons. The van der Waals surface area contributed by atoms with Gasteiger partial charge >= 0.3 is 5.97 Å². The summed E-state index contributed by atoms with van der Waals surface area (Å²) in [6.07, 6.45) is 1.49. The SMILES string of the molecule is O=C(N/N=C\c1ccc(OC(=O)c2sc3ccccc3c2Cl)cc1)c1ccc2ccccc2n1. The van der Waals surface area contributed by atoms with E-state index in [2.05, 4.69) is 15.5 Å². The number of hydrazone groups is 1. The largest absolute Gasteiger partial charge is 0.422 e. The van der Waals surface area contributed by atoms with E-state index in [4.69, 9.17) is 16.3 Å². The number of rotatable bonds is 5. The molecule has 3 aromatic carbocycles. The van der Waals surface area contributed by atoms with Crippen molar-refractivity contribution in [2.45, 2.75) is 0 Å². The van der Waals surface area contributed by atoms with Crippen molar-refractivity contribution < 1.29 is 14.3 Å². The van der Waals surface area contributed by atoms with Crippen molar-refractivity contribution in [3.63, 3.8) is 0 Å². The van der Waals surface area contributed by atoms with Crippen LogP contribution in [0.4, 0.5) is 0 Å². The summed E-state index contributed by atoms with van der Waals surface area (Å²) in [5, 5.41) is 6.16. The van der Waals surface area contributed by atoms with E-state index < -0.39 is 11.9 Å². The van der Waals surface area contributed by atoms with Crippen LogP contribution in [0.2, 0.25) is 5.02 Å². The number of amides is 1. The lowest BCUT2D eigenvalue weighted by molar-refractivity contribution is 0.0739. The average molecular weight is 486 g/mol. The highest BCUT2D eigenvalue weighted by atomic mass is 35.5. The van der Waals surface area contributed by atoms with E-state index in [-0.39, 0.29) is 5.69 Å². The van der Waals surface area contributed by atoms with E-state index in [1.54, 1.807) is 30.3 Å². The number of aromatic nitrogens is 1. The van der Waals surface area contributed by atoms with Crippen LogP contribution in [0.5, 0.6) is 5.75 Å². The van der Waals surface area contributed by atoms with E-state index in [0.717, 1.165) is 21.0 Å². The molecule has 6 nitrogen and oxygen atoms in total. The predicted octanol–water partition coefficient (Wildman–Crippen LogP) is 6.09. The van der Waals surface area contributed by atoms with Gasteiger partial charge in [0.1, 0.15) is 16.3 Å². The van der Waals surface area contributed by atoms with Crippen LogP contribution in [0.25, 0.3) is 21.0 Å². The third kappa shape index (κ3) is 4.52. The number of hydrogen-bond acceptors (Lipinski definition) is 6. The summed E-state index contributed by atoms with van der Waals surface area (Å²) in [7, 11) is 0. The third-order valence-corrected chi connectivity index (χ3v) is 6.68. The number of ether oxygens (including phenoxy) is 1. The molecule has 34 heavy (non-hydrogen) atoms. The van der Waals surface area contributed by atoms with Gasteiger partial charge in [-0.1, -0.05) is 54.1 Å². The fraction of sp³-hybridized carbons (Fsp3) is 0. The first-order valence-corrected chi connectivity index (χ1v) is 11.5. The maximum Gasteiger partial charge on any atom is 0.355 e. The van der Waals surface area contributed by atoms with Gasteiger partial charge in [-0.15, -0.1) is 11.3 Å². The van der Waals surface area contributed by atoms with E-state index in [9.17, 15) is 9.59 Å². The second-order valence-corrected chi connectivity index (χ2v) is 8.72.